The number of aliphatic carboxylic acids is 1. The minimum Gasteiger partial charge on any atom is -0.507 e. The largest absolute Gasteiger partial charge is 0.507 e. The van der Waals surface area contributed by atoms with Crippen molar-refractivity contribution in [3.8, 4) is 17.2 Å². The van der Waals surface area contributed by atoms with E-state index in [9.17, 15) is 34.8 Å². The summed E-state index contributed by atoms with van der Waals surface area (Å²) in [5, 5.41) is 50.5. The Morgan fingerprint density at radius 3 is 2.43 bits per heavy atom. The lowest BCUT2D eigenvalue weighted by Crippen LogP contribution is -2.61. The number of phenols is 1. The smallest absolute Gasteiger partial charge is 0.347 e. The normalized spacial score (nSPS) is 23.6. The van der Waals surface area contributed by atoms with Crippen LogP contribution in [0.2, 0.25) is 0 Å². The standard InChI is InChI=1S/C24H24O13/c1-9-3-11(6-14-18(9)12-4-10(33-2)5-13(26)19(12)23(32)35-14)34-24-21(31)20(30)22(15(8-25)36-24)37-17(29)7-16(27)28/h3-6,15,20-22,24-26,30-31H,7-8H2,1-2H3,(H,27,28)/t15-,20-,21-,22-,24-/m1/s1. The molecule has 1 aliphatic heterocycles. The highest BCUT2D eigenvalue weighted by Crippen LogP contribution is 2.36. The Bertz CT molecular complexity index is 1410. The van der Waals surface area contributed by atoms with Crippen LogP contribution in [0.1, 0.15) is 12.0 Å². The topological polar surface area (TPSA) is 202 Å². The highest BCUT2D eigenvalue weighted by molar-refractivity contribution is 6.08. The van der Waals surface area contributed by atoms with Gasteiger partial charge in [-0.25, -0.2) is 4.79 Å². The van der Waals surface area contributed by atoms with Crippen LogP contribution in [0.4, 0.5) is 0 Å². The molecule has 37 heavy (non-hydrogen) atoms. The number of esters is 1. The van der Waals surface area contributed by atoms with Gasteiger partial charge in [0.15, 0.2) is 6.10 Å². The van der Waals surface area contributed by atoms with E-state index >= 15 is 0 Å². The Morgan fingerprint density at radius 2 is 1.78 bits per heavy atom. The zero-order valence-corrected chi connectivity index (χ0v) is 19.6. The van der Waals surface area contributed by atoms with Crippen LogP contribution in [0, 0.1) is 6.92 Å². The molecule has 0 amide bonds. The Kier molecular flexibility index (Phi) is 7.23. The number of methoxy groups -OCH3 is 1. The van der Waals surface area contributed by atoms with Gasteiger partial charge in [-0.1, -0.05) is 0 Å². The fraction of sp³-hybridized carbons (Fsp3) is 0.375. The number of rotatable bonds is 7. The Hall–Kier alpha value is -3.91. The summed E-state index contributed by atoms with van der Waals surface area (Å²) in [6, 6.07) is 5.74. The summed E-state index contributed by atoms with van der Waals surface area (Å²) < 4.78 is 26.6. The van der Waals surface area contributed by atoms with E-state index in [4.69, 9.17) is 28.5 Å². The fourth-order valence-electron chi connectivity index (χ4n) is 4.24. The summed E-state index contributed by atoms with van der Waals surface area (Å²) in [5.41, 5.74) is -0.168. The number of aliphatic hydroxyl groups is 3. The first kappa shape index (κ1) is 26.2. The van der Waals surface area contributed by atoms with E-state index in [0.717, 1.165) is 0 Å². The maximum absolute atomic E-state index is 12.6. The highest BCUT2D eigenvalue weighted by atomic mass is 16.7. The maximum atomic E-state index is 12.6. The van der Waals surface area contributed by atoms with Crippen LogP contribution in [0.3, 0.4) is 0 Å². The molecule has 0 spiro atoms. The molecule has 2 heterocycles. The van der Waals surface area contributed by atoms with Crippen molar-refractivity contribution in [3.05, 3.63) is 40.2 Å². The number of fused-ring (bicyclic) bond motifs is 3. The SMILES string of the molecule is COc1cc(O)c2c(=O)oc3cc(O[C@@H]4O[C@H](CO)[C@@H](OC(=O)CC(=O)O)[C@H](O)[C@H]4O)cc(C)c3c2c1. The molecule has 5 atom stereocenters. The number of phenolic OH excluding ortho intramolecular Hbond substituents is 1. The number of hydrogen-bond donors (Lipinski definition) is 5. The molecule has 3 aromatic rings. The minimum atomic E-state index is -1.78. The molecule has 13 heteroatoms. The zero-order chi connectivity index (χ0) is 27.0. The van der Waals surface area contributed by atoms with Gasteiger partial charge in [-0.05, 0) is 24.6 Å². The molecular formula is C24H24O13. The molecule has 13 nitrogen and oxygen atoms in total. The van der Waals surface area contributed by atoms with Crippen LogP contribution >= 0.6 is 0 Å². The van der Waals surface area contributed by atoms with Crippen molar-refractivity contribution in [2.45, 2.75) is 44.1 Å². The monoisotopic (exact) mass is 520 g/mol. The third kappa shape index (κ3) is 5.02. The van der Waals surface area contributed by atoms with Crippen molar-refractivity contribution in [1.82, 2.24) is 0 Å². The van der Waals surface area contributed by atoms with Crippen LogP contribution in [-0.4, -0.2) is 81.9 Å². The lowest BCUT2D eigenvalue weighted by atomic mass is 9.98. The first-order chi connectivity index (χ1) is 17.5. The summed E-state index contributed by atoms with van der Waals surface area (Å²) in [5.74, 6) is -2.59. The Morgan fingerprint density at radius 1 is 1.05 bits per heavy atom. The molecule has 4 rings (SSSR count). The van der Waals surface area contributed by atoms with Gasteiger partial charge in [-0.3, -0.25) is 9.59 Å². The lowest BCUT2D eigenvalue weighted by molar-refractivity contribution is -0.281. The number of carboxylic acid groups (broad SMARTS) is 1. The van der Waals surface area contributed by atoms with Crippen molar-refractivity contribution >= 4 is 33.7 Å². The van der Waals surface area contributed by atoms with Crippen molar-refractivity contribution in [2.75, 3.05) is 13.7 Å². The second kappa shape index (κ2) is 10.2. The summed E-state index contributed by atoms with van der Waals surface area (Å²) in [6.45, 7) is 0.935. The molecular weight excluding hydrogens is 496 g/mol. The molecule has 198 valence electrons. The fourth-order valence-corrected chi connectivity index (χ4v) is 4.24. The van der Waals surface area contributed by atoms with Crippen LogP contribution in [-0.2, 0) is 19.1 Å². The molecule has 0 saturated carbocycles. The first-order valence-corrected chi connectivity index (χ1v) is 11.0. The summed E-state index contributed by atoms with van der Waals surface area (Å²) in [6.07, 6.45) is -9.00. The van der Waals surface area contributed by atoms with E-state index in [-0.39, 0.29) is 22.5 Å². The molecule has 5 N–H and O–H groups in total. The lowest BCUT2D eigenvalue weighted by Gasteiger charge is -2.41. The average Bonchev–Trinajstić information content (AvgIpc) is 2.82. The van der Waals surface area contributed by atoms with Gasteiger partial charge in [0.25, 0.3) is 0 Å². The molecule has 1 aromatic heterocycles. The maximum Gasteiger partial charge on any atom is 0.347 e. The van der Waals surface area contributed by atoms with Gasteiger partial charge in [0.05, 0.1) is 13.7 Å². The molecule has 0 bridgehead atoms. The predicted molar refractivity (Wildman–Crippen MR) is 123 cm³/mol. The first-order valence-electron chi connectivity index (χ1n) is 11.0. The van der Waals surface area contributed by atoms with Gasteiger partial charge >= 0.3 is 17.6 Å². The Balaban J connectivity index is 1.65. The highest BCUT2D eigenvalue weighted by Gasteiger charge is 2.47. The third-order valence-corrected chi connectivity index (χ3v) is 5.91. The number of hydrogen-bond acceptors (Lipinski definition) is 12. The van der Waals surface area contributed by atoms with Gasteiger partial charge < -0.3 is 48.9 Å². The molecule has 0 radical (unpaired) electrons. The number of ether oxygens (including phenoxy) is 4. The predicted octanol–water partition coefficient (Wildman–Crippen LogP) is 0.173. The van der Waals surface area contributed by atoms with Crippen LogP contribution < -0.4 is 15.1 Å². The van der Waals surface area contributed by atoms with Crippen LogP contribution in [0.5, 0.6) is 17.2 Å². The minimum absolute atomic E-state index is 0.0338. The number of aliphatic hydroxyl groups excluding tert-OH is 3. The Labute approximate surface area is 208 Å². The molecule has 1 aliphatic rings. The number of benzene rings is 2. The number of carbonyl (C=O) groups is 2. The van der Waals surface area contributed by atoms with Crippen LogP contribution in [0.15, 0.2) is 33.5 Å². The van der Waals surface area contributed by atoms with Crippen LogP contribution in [0.25, 0.3) is 21.7 Å². The quantitative estimate of drug-likeness (QED) is 0.122. The van der Waals surface area contributed by atoms with Gasteiger partial charge in [0.2, 0.25) is 6.29 Å². The van der Waals surface area contributed by atoms with Crippen molar-refractivity contribution in [2.24, 2.45) is 0 Å². The van der Waals surface area contributed by atoms with Gasteiger partial charge in [0.1, 0.15) is 53.0 Å². The van der Waals surface area contributed by atoms with E-state index in [1.807, 2.05) is 0 Å². The summed E-state index contributed by atoms with van der Waals surface area (Å²) in [4.78, 5) is 35.0. The second-order valence-electron chi connectivity index (χ2n) is 8.42. The van der Waals surface area contributed by atoms with Crippen molar-refractivity contribution < 1.29 is 58.5 Å². The van der Waals surface area contributed by atoms with E-state index in [1.54, 1.807) is 13.0 Å². The van der Waals surface area contributed by atoms with Gasteiger partial charge in [-0.2, -0.15) is 0 Å². The van der Waals surface area contributed by atoms with E-state index < -0.39 is 61.3 Å². The van der Waals surface area contributed by atoms with Crippen molar-refractivity contribution in [3.63, 3.8) is 0 Å². The molecule has 0 aliphatic carbocycles. The third-order valence-electron chi connectivity index (χ3n) is 5.91. The molecule has 1 saturated heterocycles. The number of aromatic hydroxyl groups is 1. The van der Waals surface area contributed by atoms with E-state index in [1.165, 1.54) is 25.3 Å². The van der Waals surface area contributed by atoms with Gasteiger partial charge in [-0.15, -0.1) is 0 Å². The number of carboxylic acids is 1. The second-order valence-corrected chi connectivity index (χ2v) is 8.42. The average molecular weight is 520 g/mol. The zero-order valence-electron chi connectivity index (χ0n) is 19.6. The van der Waals surface area contributed by atoms with Gasteiger partial charge in [0, 0.05) is 22.9 Å². The summed E-state index contributed by atoms with van der Waals surface area (Å²) in [7, 11) is 1.41. The number of carbonyl (C=O) groups excluding carboxylic acids is 1. The van der Waals surface area contributed by atoms with E-state index in [0.29, 0.717) is 22.1 Å². The molecule has 0 unspecified atom stereocenters. The molecule has 2 aromatic carbocycles. The molecule has 1 fully saturated rings. The van der Waals surface area contributed by atoms with Crippen molar-refractivity contribution in [1.29, 1.82) is 0 Å². The summed E-state index contributed by atoms with van der Waals surface area (Å²) >= 11 is 0. The number of aryl methyl sites for hydroxylation is 1. The van der Waals surface area contributed by atoms with E-state index in [2.05, 4.69) is 0 Å².